The molecule has 4 heteroatoms. The topological polar surface area (TPSA) is 38.0 Å². The van der Waals surface area contributed by atoms with Gasteiger partial charge in [-0.15, -0.1) is 0 Å². The Morgan fingerprint density at radius 3 is 1.86 bits per heavy atom. The van der Waals surface area contributed by atoms with Crippen LogP contribution in [0.3, 0.4) is 0 Å². The van der Waals surface area contributed by atoms with Gasteiger partial charge in [-0.25, -0.2) is 8.78 Å². The van der Waals surface area contributed by atoms with Crippen molar-refractivity contribution in [3.63, 3.8) is 0 Å². The van der Waals surface area contributed by atoms with Crippen LogP contribution in [0.25, 0.3) is 0 Å². The van der Waals surface area contributed by atoms with E-state index in [9.17, 15) is 8.78 Å². The van der Waals surface area contributed by atoms with Gasteiger partial charge < -0.3 is 11.1 Å². The lowest BCUT2D eigenvalue weighted by Crippen LogP contribution is -2.11. The maximum atomic E-state index is 12.7. The van der Waals surface area contributed by atoms with Crippen molar-refractivity contribution >= 4 is 5.69 Å². The first-order valence-corrected chi connectivity index (χ1v) is 9.65. The highest BCUT2D eigenvalue weighted by molar-refractivity contribution is 5.42. The molecule has 148 valence electrons. The van der Waals surface area contributed by atoms with Crippen molar-refractivity contribution in [2.45, 2.75) is 32.2 Å². The highest BCUT2D eigenvalue weighted by atomic mass is 19.1. The second-order valence-electron chi connectivity index (χ2n) is 6.58. The van der Waals surface area contributed by atoms with E-state index in [0.717, 1.165) is 23.4 Å². The van der Waals surface area contributed by atoms with E-state index in [2.05, 4.69) is 12.2 Å². The largest absolute Gasteiger partial charge is 0.385 e. The molecule has 3 rings (SSSR count). The molecular formula is C24H28F2N2. The number of halogens is 2. The number of hydrogen-bond donors (Lipinski definition) is 2. The molecule has 0 heterocycles. The first-order valence-electron chi connectivity index (χ1n) is 9.65. The first kappa shape index (κ1) is 21.6. The summed E-state index contributed by atoms with van der Waals surface area (Å²) in [4.78, 5) is 0. The molecule has 0 bridgehead atoms. The number of hydrogen-bond acceptors (Lipinski definition) is 2. The average molecular weight is 382 g/mol. The SMILES string of the molecule is CCCCCNc1ccc(F)cc1.NC(c1ccccc1)c1ccc(F)cc1. The average Bonchev–Trinajstić information content (AvgIpc) is 2.74. The zero-order valence-electron chi connectivity index (χ0n) is 16.2. The Bertz CT molecular complexity index is 787. The Morgan fingerprint density at radius 1 is 0.750 bits per heavy atom. The summed E-state index contributed by atoms with van der Waals surface area (Å²) in [5.74, 6) is -0.418. The molecule has 0 aliphatic heterocycles. The fraction of sp³-hybridized carbons (Fsp3) is 0.250. The lowest BCUT2D eigenvalue weighted by Gasteiger charge is -2.11. The van der Waals surface area contributed by atoms with Crippen LogP contribution in [0.1, 0.15) is 43.4 Å². The van der Waals surface area contributed by atoms with E-state index in [1.54, 1.807) is 24.3 Å². The first-order chi connectivity index (χ1) is 13.6. The summed E-state index contributed by atoms with van der Waals surface area (Å²) in [5, 5.41) is 3.24. The van der Waals surface area contributed by atoms with Crippen molar-refractivity contribution in [2.75, 3.05) is 11.9 Å². The molecule has 3 aromatic rings. The number of rotatable bonds is 7. The van der Waals surface area contributed by atoms with Crippen molar-refractivity contribution in [1.82, 2.24) is 0 Å². The van der Waals surface area contributed by atoms with Gasteiger partial charge in [0.25, 0.3) is 0 Å². The quantitative estimate of drug-likeness (QED) is 0.471. The van der Waals surface area contributed by atoms with E-state index in [0.29, 0.717) is 0 Å². The molecule has 0 saturated heterocycles. The van der Waals surface area contributed by atoms with Gasteiger partial charge in [0.05, 0.1) is 6.04 Å². The normalized spacial score (nSPS) is 11.3. The summed E-state index contributed by atoms with van der Waals surface area (Å²) in [7, 11) is 0. The van der Waals surface area contributed by atoms with Crippen LogP contribution < -0.4 is 11.1 Å². The fourth-order valence-corrected chi connectivity index (χ4v) is 2.70. The van der Waals surface area contributed by atoms with Crippen molar-refractivity contribution in [1.29, 1.82) is 0 Å². The summed E-state index contributed by atoms with van der Waals surface area (Å²) in [5.41, 5.74) is 8.99. The monoisotopic (exact) mass is 382 g/mol. The molecule has 0 fully saturated rings. The molecule has 1 unspecified atom stereocenters. The second-order valence-corrected chi connectivity index (χ2v) is 6.58. The Morgan fingerprint density at radius 2 is 1.29 bits per heavy atom. The third-order valence-electron chi connectivity index (χ3n) is 4.34. The minimum absolute atomic E-state index is 0.181. The van der Waals surface area contributed by atoms with Crippen LogP contribution in [-0.4, -0.2) is 6.54 Å². The minimum atomic E-state index is -0.237. The molecule has 0 spiro atoms. The van der Waals surface area contributed by atoms with E-state index in [1.165, 1.54) is 43.5 Å². The van der Waals surface area contributed by atoms with Crippen LogP contribution in [0.2, 0.25) is 0 Å². The molecule has 0 radical (unpaired) electrons. The van der Waals surface area contributed by atoms with Crippen molar-refractivity contribution in [2.24, 2.45) is 5.73 Å². The van der Waals surface area contributed by atoms with Gasteiger partial charge in [0.15, 0.2) is 0 Å². The molecule has 0 saturated carbocycles. The van der Waals surface area contributed by atoms with E-state index in [4.69, 9.17) is 5.73 Å². The second kappa shape index (κ2) is 11.9. The molecule has 28 heavy (non-hydrogen) atoms. The number of unbranched alkanes of at least 4 members (excludes halogenated alkanes) is 2. The Hall–Kier alpha value is -2.72. The van der Waals surface area contributed by atoms with Crippen LogP contribution >= 0.6 is 0 Å². The van der Waals surface area contributed by atoms with Crippen LogP contribution in [0, 0.1) is 11.6 Å². The van der Waals surface area contributed by atoms with Crippen LogP contribution in [0.4, 0.5) is 14.5 Å². The molecule has 3 N–H and O–H groups in total. The molecule has 0 amide bonds. The third-order valence-corrected chi connectivity index (χ3v) is 4.34. The smallest absolute Gasteiger partial charge is 0.123 e. The number of anilines is 1. The standard InChI is InChI=1S/C13H12FN.C11H16FN/c14-12-8-6-11(7-9-12)13(15)10-4-2-1-3-5-10;1-2-3-4-9-13-11-7-5-10(12)6-8-11/h1-9,13H,15H2;5-8,13H,2-4,9H2,1H3. The van der Waals surface area contributed by atoms with Gasteiger partial charge >= 0.3 is 0 Å². The lowest BCUT2D eigenvalue weighted by atomic mass is 10.00. The Labute approximate surface area is 166 Å². The molecule has 3 aromatic carbocycles. The summed E-state index contributed by atoms with van der Waals surface area (Å²) >= 11 is 0. The molecule has 0 aliphatic rings. The summed E-state index contributed by atoms with van der Waals surface area (Å²) < 4.78 is 25.2. The van der Waals surface area contributed by atoms with Crippen molar-refractivity contribution < 1.29 is 8.78 Å². The summed E-state index contributed by atoms with van der Waals surface area (Å²) in [6, 6.07) is 22.3. The van der Waals surface area contributed by atoms with Gasteiger partial charge in [-0.05, 0) is 53.9 Å². The van der Waals surface area contributed by atoms with Crippen LogP contribution in [0.15, 0.2) is 78.9 Å². The van der Waals surface area contributed by atoms with E-state index < -0.39 is 0 Å². The van der Waals surface area contributed by atoms with E-state index >= 15 is 0 Å². The third kappa shape index (κ3) is 7.49. The van der Waals surface area contributed by atoms with Gasteiger partial charge in [0, 0.05) is 12.2 Å². The molecule has 0 aliphatic carbocycles. The summed E-state index contributed by atoms with van der Waals surface area (Å²) in [6.45, 7) is 3.15. The predicted octanol–water partition coefficient (Wildman–Crippen LogP) is 6.30. The number of nitrogens with two attached hydrogens (primary N) is 1. The van der Waals surface area contributed by atoms with Gasteiger partial charge in [0.1, 0.15) is 11.6 Å². The van der Waals surface area contributed by atoms with Crippen LogP contribution in [0.5, 0.6) is 0 Å². The van der Waals surface area contributed by atoms with E-state index in [1.807, 2.05) is 30.3 Å². The fourth-order valence-electron chi connectivity index (χ4n) is 2.70. The molecule has 1 atom stereocenters. The van der Waals surface area contributed by atoms with Gasteiger partial charge in [0.2, 0.25) is 0 Å². The molecule has 0 aromatic heterocycles. The maximum Gasteiger partial charge on any atom is 0.123 e. The predicted molar refractivity (Wildman–Crippen MR) is 113 cm³/mol. The van der Waals surface area contributed by atoms with E-state index in [-0.39, 0.29) is 17.7 Å². The number of benzene rings is 3. The molecular weight excluding hydrogens is 354 g/mol. The highest BCUT2D eigenvalue weighted by Gasteiger charge is 2.07. The summed E-state index contributed by atoms with van der Waals surface area (Å²) in [6.07, 6.45) is 3.65. The van der Waals surface area contributed by atoms with Crippen LogP contribution in [-0.2, 0) is 0 Å². The van der Waals surface area contributed by atoms with Gasteiger partial charge in [-0.3, -0.25) is 0 Å². The minimum Gasteiger partial charge on any atom is -0.385 e. The molecule has 2 nitrogen and oxygen atoms in total. The highest BCUT2D eigenvalue weighted by Crippen LogP contribution is 2.19. The lowest BCUT2D eigenvalue weighted by molar-refractivity contribution is 0.626. The zero-order valence-corrected chi connectivity index (χ0v) is 16.2. The maximum absolute atomic E-state index is 12.7. The van der Waals surface area contributed by atoms with Crippen molar-refractivity contribution in [3.05, 3.63) is 102 Å². The van der Waals surface area contributed by atoms with Gasteiger partial charge in [-0.1, -0.05) is 62.2 Å². The van der Waals surface area contributed by atoms with Gasteiger partial charge in [-0.2, -0.15) is 0 Å². The zero-order chi connectivity index (χ0) is 20.2. The number of nitrogens with one attached hydrogen (secondary N) is 1. The van der Waals surface area contributed by atoms with Crippen molar-refractivity contribution in [3.8, 4) is 0 Å². The Kier molecular flexibility index (Phi) is 9.16. The Balaban J connectivity index is 0.000000203.